The summed E-state index contributed by atoms with van der Waals surface area (Å²) in [5, 5.41) is 6.62. The number of hydrogen-bond acceptors (Lipinski definition) is 7. The Morgan fingerprint density at radius 1 is 0.837 bits per heavy atom. The number of nitrogens with one attached hydrogen (secondary N) is 2. The van der Waals surface area contributed by atoms with Crippen molar-refractivity contribution in [3.05, 3.63) is 84.6 Å². The number of nitrogens with zero attached hydrogens (tertiary/aromatic N) is 4. The number of aryl methyl sites for hydroxylation is 1. The highest BCUT2D eigenvalue weighted by atomic mass is 16.5. The molecule has 0 saturated carbocycles. The van der Waals surface area contributed by atoms with E-state index in [0.717, 1.165) is 52.5 Å². The first kappa shape index (κ1) is 27.9. The van der Waals surface area contributed by atoms with Crippen LogP contribution in [-0.2, 0) is 9.53 Å². The first-order chi connectivity index (χ1) is 20.8. The van der Waals surface area contributed by atoms with Gasteiger partial charge in [-0.15, -0.1) is 0 Å². The number of benzene rings is 3. The van der Waals surface area contributed by atoms with Gasteiger partial charge in [0.1, 0.15) is 17.3 Å². The zero-order valence-electron chi connectivity index (χ0n) is 24.3. The Morgan fingerprint density at radius 3 is 2.19 bits per heavy atom. The predicted octanol–water partition coefficient (Wildman–Crippen LogP) is 6.33. The van der Waals surface area contributed by atoms with Crippen LogP contribution in [0.3, 0.4) is 0 Å². The molecule has 2 aromatic heterocycles. The van der Waals surface area contributed by atoms with Crippen LogP contribution in [0.4, 0.5) is 27.7 Å². The molecule has 1 aliphatic rings. The number of rotatable bonds is 6. The predicted molar refractivity (Wildman–Crippen MR) is 169 cm³/mol. The summed E-state index contributed by atoms with van der Waals surface area (Å²) in [6.45, 7) is 6.17. The van der Waals surface area contributed by atoms with Gasteiger partial charge in [0.2, 0.25) is 5.91 Å². The molecule has 0 radical (unpaired) electrons. The average Bonchev–Trinajstić information content (AvgIpc) is 3.47. The van der Waals surface area contributed by atoms with Crippen molar-refractivity contribution in [3.63, 3.8) is 0 Å². The second kappa shape index (κ2) is 11.9. The number of carbonyl (C=O) groups is 2. The molecule has 0 aliphatic carbocycles. The standard InChI is InChI=1S/C33H32N6O4/c1-21-4-15-30(43-21)24-7-14-28-29(20-24)36-31(37-32(28)39-16-18-42-19-17-39)23-5-8-26(9-6-23)35-33(41)38(3)27-12-10-25(11-13-27)34-22(2)40/h4-15,20H,16-19H2,1-3H3,(H,34,40)(H,35,41). The largest absolute Gasteiger partial charge is 0.461 e. The molecule has 1 fully saturated rings. The second-order valence-corrected chi connectivity index (χ2v) is 10.4. The minimum atomic E-state index is -0.294. The highest BCUT2D eigenvalue weighted by Crippen LogP contribution is 2.32. The quantitative estimate of drug-likeness (QED) is 0.243. The lowest BCUT2D eigenvalue weighted by molar-refractivity contribution is -0.114. The highest BCUT2D eigenvalue weighted by Gasteiger charge is 2.19. The number of morpholine rings is 1. The molecule has 10 heteroatoms. The van der Waals surface area contributed by atoms with E-state index in [2.05, 4.69) is 21.6 Å². The van der Waals surface area contributed by atoms with Gasteiger partial charge in [0.15, 0.2) is 5.82 Å². The Labute approximate surface area is 249 Å². The molecule has 218 valence electrons. The van der Waals surface area contributed by atoms with Crippen LogP contribution in [0.1, 0.15) is 12.7 Å². The maximum atomic E-state index is 12.9. The molecule has 5 aromatic rings. The van der Waals surface area contributed by atoms with E-state index in [0.29, 0.717) is 36.1 Å². The number of furan rings is 1. The molecule has 43 heavy (non-hydrogen) atoms. The number of aromatic nitrogens is 2. The zero-order chi connectivity index (χ0) is 29.9. The molecule has 0 bridgehead atoms. The topological polar surface area (TPSA) is 113 Å². The van der Waals surface area contributed by atoms with E-state index in [4.69, 9.17) is 19.1 Å². The van der Waals surface area contributed by atoms with Crippen LogP contribution in [0.25, 0.3) is 33.6 Å². The van der Waals surface area contributed by atoms with Crippen LogP contribution < -0.4 is 20.4 Å². The number of amides is 3. The van der Waals surface area contributed by atoms with E-state index < -0.39 is 0 Å². The van der Waals surface area contributed by atoms with Crippen molar-refractivity contribution < 1.29 is 18.7 Å². The molecular weight excluding hydrogens is 544 g/mol. The third-order valence-corrected chi connectivity index (χ3v) is 7.29. The monoisotopic (exact) mass is 576 g/mol. The lowest BCUT2D eigenvalue weighted by Gasteiger charge is -2.29. The van der Waals surface area contributed by atoms with E-state index in [9.17, 15) is 9.59 Å². The van der Waals surface area contributed by atoms with Gasteiger partial charge < -0.3 is 24.7 Å². The van der Waals surface area contributed by atoms with Crippen LogP contribution >= 0.6 is 0 Å². The third-order valence-electron chi connectivity index (χ3n) is 7.29. The van der Waals surface area contributed by atoms with Gasteiger partial charge in [-0.1, -0.05) is 6.07 Å². The molecule has 1 aliphatic heterocycles. The normalized spacial score (nSPS) is 13.1. The Kier molecular flexibility index (Phi) is 7.76. The lowest BCUT2D eigenvalue weighted by atomic mass is 10.1. The average molecular weight is 577 g/mol. The summed E-state index contributed by atoms with van der Waals surface area (Å²) in [4.78, 5) is 37.9. The number of anilines is 4. The number of carbonyl (C=O) groups excluding carboxylic acids is 2. The van der Waals surface area contributed by atoms with Crippen LogP contribution in [0.15, 0.2) is 83.3 Å². The number of fused-ring (bicyclic) bond motifs is 1. The van der Waals surface area contributed by atoms with Crippen molar-refractivity contribution in [2.24, 2.45) is 0 Å². The Morgan fingerprint density at radius 2 is 1.51 bits per heavy atom. The van der Waals surface area contributed by atoms with Crippen LogP contribution in [0.5, 0.6) is 0 Å². The fourth-order valence-corrected chi connectivity index (χ4v) is 5.00. The van der Waals surface area contributed by atoms with E-state index in [1.807, 2.05) is 55.5 Å². The zero-order valence-corrected chi connectivity index (χ0v) is 24.3. The molecule has 6 rings (SSSR count). The summed E-state index contributed by atoms with van der Waals surface area (Å²) in [6, 6.07) is 24.3. The van der Waals surface area contributed by atoms with E-state index in [-0.39, 0.29) is 11.9 Å². The van der Waals surface area contributed by atoms with Gasteiger partial charge in [-0.05, 0) is 79.7 Å². The van der Waals surface area contributed by atoms with Crippen molar-refractivity contribution in [2.45, 2.75) is 13.8 Å². The van der Waals surface area contributed by atoms with Crippen molar-refractivity contribution in [2.75, 3.05) is 53.8 Å². The van der Waals surface area contributed by atoms with Crippen molar-refractivity contribution in [3.8, 4) is 22.7 Å². The molecule has 3 aromatic carbocycles. The SMILES string of the molecule is CC(=O)Nc1ccc(N(C)C(=O)Nc2ccc(-c3nc(N4CCOCC4)c4ccc(-c5ccc(C)o5)cc4n3)cc2)cc1. The first-order valence-corrected chi connectivity index (χ1v) is 14.1. The van der Waals surface area contributed by atoms with Crippen LogP contribution in [0.2, 0.25) is 0 Å². The van der Waals surface area contributed by atoms with Gasteiger partial charge in [-0.2, -0.15) is 0 Å². The van der Waals surface area contributed by atoms with Crippen molar-refractivity contribution >= 4 is 45.7 Å². The summed E-state index contributed by atoms with van der Waals surface area (Å²) < 4.78 is 11.5. The minimum absolute atomic E-state index is 0.151. The van der Waals surface area contributed by atoms with Gasteiger partial charge in [0.25, 0.3) is 0 Å². The Hall–Kier alpha value is -5.22. The molecule has 3 amide bonds. The van der Waals surface area contributed by atoms with Crippen molar-refractivity contribution in [1.82, 2.24) is 9.97 Å². The minimum Gasteiger partial charge on any atom is -0.461 e. The summed E-state index contributed by atoms with van der Waals surface area (Å²) in [5.74, 6) is 2.96. The second-order valence-electron chi connectivity index (χ2n) is 10.4. The van der Waals surface area contributed by atoms with E-state index in [1.54, 1.807) is 31.3 Å². The molecule has 2 N–H and O–H groups in total. The van der Waals surface area contributed by atoms with Gasteiger partial charge in [0, 0.05) is 60.6 Å². The maximum absolute atomic E-state index is 12.9. The summed E-state index contributed by atoms with van der Waals surface area (Å²) in [5.41, 5.74) is 4.59. The number of urea groups is 1. The highest BCUT2D eigenvalue weighted by molar-refractivity contribution is 6.01. The van der Waals surface area contributed by atoms with Crippen LogP contribution in [-0.4, -0.2) is 55.3 Å². The molecule has 3 heterocycles. The fourth-order valence-electron chi connectivity index (χ4n) is 5.00. The lowest BCUT2D eigenvalue weighted by Crippen LogP contribution is -2.37. The third kappa shape index (κ3) is 6.19. The van der Waals surface area contributed by atoms with Crippen molar-refractivity contribution in [1.29, 1.82) is 0 Å². The summed E-state index contributed by atoms with van der Waals surface area (Å²) >= 11 is 0. The Balaban J connectivity index is 1.25. The number of hydrogen-bond donors (Lipinski definition) is 2. The van der Waals surface area contributed by atoms with Gasteiger partial charge in [0.05, 0.1) is 18.7 Å². The number of ether oxygens (including phenoxy) is 1. The first-order valence-electron chi connectivity index (χ1n) is 14.1. The smallest absolute Gasteiger partial charge is 0.326 e. The van der Waals surface area contributed by atoms with Gasteiger partial charge >= 0.3 is 6.03 Å². The van der Waals surface area contributed by atoms with E-state index in [1.165, 1.54) is 11.8 Å². The summed E-state index contributed by atoms with van der Waals surface area (Å²) in [6.07, 6.45) is 0. The molecule has 0 spiro atoms. The van der Waals surface area contributed by atoms with Gasteiger partial charge in [-0.25, -0.2) is 14.8 Å². The van der Waals surface area contributed by atoms with Crippen LogP contribution in [0, 0.1) is 6.92 Å². The fraction of sp³-hybridized carbons (Fsp3) is 0.212. The molecule has 10 nitrogen and oxygen atoms in total. The molecule has 0 atom stereocenters. The van der Waals surface area contributed by atoms with E-state index >= 15 is 0 Å². The van der Waals surface area contributed by atoms with Gasteiger partial charge in [-0.3, -0.25) is 9.69 Å². The maximum Gasteiger partial charge on any atom is 0.326 e. The summed E-state index contributed by atoms with van der Waals surface area (Å²) in [7, 11) is 1.69. The Bertz CT molecular complexity index is 1780. The molecule has 1 saturated heterocycles. The molecular formula is C33H32N6O4. The molecule has 0 unspecified atom stereocenters.